The van der Waals surface area contributed by atoms with E-state index in [-0.39, 0.29) is 0 Å². The molecule has 0 aliphatic rings. The van der Waals surface area contributed by atoms with Crippen molar-refractivity contribution in [2.45, 2.75) is 0 Å². The first-order valence-electron chi connectivity index (χ1n) is 2.91. The molecule has 0 N–H and O–H groups in total. The quantitative estimate of drug-likeness (QED) is 0.586. The van der Waals surface area contributed by atoms with Crippen LogP contribution in [0.15, 0.2) is 24.3 Å². The third kappa shape index (κ3) is 1.53. The van der Waals surface area contributed by atoms with Gasteiger partial charge in [-0.3, -0.25) is 0 Å². The van der Waals surface area contributed by atoms with Gasteiger partial charge < -0.3 is 0 Å². The van der Waals surface area contributed by atoms with E-state index in [1.165, 1.54) is 10.6 Å². The van der Waals surface area contributed by atoms with Gasteiger partial charge in [-0.15, -0.1) is 0 Å². The van der Waals surface area contributed by atoms with Gasteiger partial charge in [-0.25, -0.2) is 0 Å². The van der Waals surface area contributed by atoms with E-state index in [1.807, 2.05) is 12.1 Å². The Morgan fingerprint density at radius 1 is 0.900 bits per heavy atom. The van der Waals surface area contributed by atoms with Crippen LogP contribution in [0.1, 0.15) is 0 Å². The summed E-state index contributed by atoms with van der Waals surface area (Å²) in [5.41, 5.74) is 0. The summed E-state index contributed by atoms with van der Waals surface area (Å²) in [7, 11) is 2.16. The molecule has 0 aromatic heterocycles. The highest BCUT2D eigenvalue weighted by Crippen LogP contribution is 1.98. The Morgan fingerprint density at radius 2 is 1.30 bits per heavy atom. The van der Waals surface area contributed by atoms with Gasteiger partial charge in [0.1, 0.15) is 0 Å². The molecule has 1 rings (SSSR count). The predicted molar refractivity (Wildman–Crippen MR) is 53.8 cm³/mol. The van der Waals surface area contributed by atoms with Gasteiger partial charge in [-0.2, -0.15) is 0 Å². The van der Waals surface area contributed by atoms with Crippen molar-refractivity contribution in [3.63, 3.8) is 0 Å². The monoisotopic (exact) mass is 166 g/mol. The molecule has 0 atom stereocenters. The third-order valence-electron chi connectivity index (χ3n) is 1.22. The second kappa shape index (κ2) is 3.66. The van der Waals surface area contributed by atoms with E-state index in [1.54, 1.807) is 0 Å². The van der Waals surface area contributed by atoms with E-state index in [9.17, 15) is 0 Å². The van der Waals surface area contributed by atoms with Gasteiger partial charge in [0.15, 0.2) is 0 Å². The Morgan fingerprint density at radius 3 is 1.60 bits per heavy atom. The summed E-state index contributed by atoms with van der Waals surface area (Å²) in [6, 6.07) is 8.23. The maximum Gasteiger partial charge on any atom is 0.0130 e. The maximum absolute atomic E-state index is 3.80. The molecule has 0 saturated heterocycles. The lowest BCUT2D eigenvalue weighted by Crippen LogP contribution is -2.10. The predicted octanol–water partition coefficient (Wildman–Crippen LogP) is 1.69. The number of hydrogen-bond donors (Lipinski definition) is 0. The summed E-state index contributed by atoms with van der Waals surface area (Å²) in [6.07, 6.45) is 7.61. The molecule has 0 nitrogen and oxygen atoms in total. The maximum atomic E-state index is 3.80. The highest BCUT2D eigenvalue weighted by Gasteiger charge is 1.90. The van der Waals surface area contributed by atoms with Gasteiger partial charge in [-0.1, -0.05) is 41.1 Å². The minimum absolute atomic E-state index is 1.08. The summed E-state index contributed by atoms with van der Waals surface area (Å²) in [5.74, 6) is 0. The fourth-order valence-corrected chi connectivity index (χ4v) is 2.01. The molecule has 0 radical (unpaired) electrons. The van der Waals surface area contributed by atoms with Gasteiger partial charge in [0.2, 0.25) is 0 Å². The minimum atomic E-state index is 1.08. The molecule has 1 aromatic carbocycles. The van der Waals surface area contributed by atoms with Crippen LogP contribution in [0.5, 0.6) is 0 Å². The van der Waals surface area contributed by atoms with Gasteiger partial charge in [-0.05, 0) is 12.1 Å². The zero-order chi connectivity index (χ0) is 7.40. The molecule has 1 aromatic rings. The third-order valence-corrected chi connectivity index (χ3v) is 2.86. The molecule has 0 saturated carbocycles. The first-order valence-corrected chi connectivity index (χ1v) is 5.07. The van der Waals surface area contributed by atoms with Crippen LogP contribution < -0.4 is 10.6 Å². The summed E-state index contributed by atoms with van der Waals surface area (Å²) in [5, 5.41) is 2.55. The Balaban J connectivity index is 3.20. The molecular weight excluding hydrogens is 158 g/mol. The molecule has 0 bridgehead atoms. The van der Waals surface area contributed by atoms with E-state index in [2.05, 4.69) is 24.7 Å². The van der Waals surface area contributed by atoms with Crippen molar-refractivity contribution in [3.8, 4) is 0 Å². The summed E-state index contributed by atoms with van der Waals surface area (Å²) < 4.78 is 0. The van der Waals surface area contributed by atoms with Crippen molar-refractivity contribution >= 4 is 39.6 Å². The standard InChI is InChI=1S/C8H8P2/c1-9-7-5-3-4-6-8(7)10-2/h3-6H,1-2H2. The lowest BCUT2D eigenvalue weighted by molar-refractivity contribution is 1.84. The van der Waals surface area contributed by atoms with Crippen LogP contribution in [-0.2, 0) is 0 Å². The normalized spacial score (nSPS) is 10.4. The van der Waals surface area contributed by atoms with Crippen molar-refractivity contribution in [3.05, 3.63) is 24.3 Å². The van der Waals surface area contributed by atoms with Gasteiger partial charge >= 0.3 is 0 Å². The molecule has 10 heavy (non-hydrogen) atoms. The van der Waals surface area contributed by atoms with Gasteiger partial charge in [0.05, 0.1) is 0 Å². The number of benzene rings is 1. The van der Waals surface area contributed by atoms with Gasteiger partial charge in [0, 0.05) is 10.6 Å². The van der Waals surface area contributed by atoms with Crippen molar-refractivity contribution in [2.75, 3.05) is 0 Å². The average Bonchev–Trinajstić information content (AvgIpc) is 2.04. The molecule has 0 heterocycles. The summed E-state index contributed by atoms with van der Waals surface area (Å²) in [6.45, 7) is 0. The van der Waals surface area contributed by atoms with E-state index in [4.69, 9.17) is 0 Å². The number of hydrogen-bond acceptors (Lipinski definition) is 0. The Kier molecular flexibility index (Phi) is 2.81. The van der Waals surface area contributed by atoms with E-state index in [0.717, 1.165) is 16.4 Å². The Hall–Kier alpha value is -0.440. The highest BCUT2D eigenvalue weighted by atomic mass is 31.1. The molecule has 0 unspecified atom stereocenters. The van der Waals surface area contributed by atoms with Crippen LogP contribution in [0.2, 0.25) is 0 Å². The van der Waals surface area contributed by atoms with Crippen molar-refractivity contribution < 1.29 is 0 Å². The highest BCUT2D eigenvalue weighted by molar-refractivity contribution is 7.52. The van der Waals surface area contributed by atoms with Crippen LogP contribution >= 0.6 is 16.4 Å². The van der Waals surface area contributed by atoms with Crippen molar-refractivity contribution in [2.24, 2.45) is 0 Å². The first-order chi connectivity index (χ1) is 4.88. The van der Waals surface area contributed by atoms with Gasteiger partial charge in [0.25, 0.3) is 0 Å². The molecule has 0 amide bonds. The van der Waals surface area contributed by atoms with E-state index in [0.29, 0.717) is 0 Å². The zero-order valence-corrected chi connectivity index (χ0v) is 7.41. The van der Waals surface area contributed by atoms with Crippen LogP contribution in [-0.4, -0.2) is 12.6 Å². The first kappa shape index (κ1) is 7.66. The molecular formula is C8H8P2. The zero-order valence-electron chi connectivity index (χ0n) is 5.62. The smallest absolute Gasteiger partial charge is 0.0130 e. The summed E-state index contributed by atoms with van der Waals surface area (Å²) >= 11 is 0. The second-order valence-electron chi connectivity index (χ2n) is 1.80. The average molecular weight is 166 g/mol. The van der Waals surface area contributed by atoms with Crippen LogP contribution in [0, 0.1) is 0 Å². The lowest BCUT2D eigenvalue weighted by atomic mass is 10.4. The molecule has 0 aliphatic heterocycles. The van der Waals surface area contributed by atoms with Crippen molar-refractivity contribution in [1.82, 2.24) is 0 Å². The lowest BCUT2D eigenvalue weighted by Gasteiger charge is -1.95. The summed E-state index contributed by atoms with van der Waals surface area (Å²) in [4.78, 5) is 0. The topological polar surface area (TPSA) is 0 Å². The fourth-order valence-electron chi connectivity index (χ4n) is 0.732. The largest absolute Gasteiger partial charge is 0.0754 e. The minimum Gasteiger partial charge on any atom is -0.0754 e. The molecule has 2 heteroatoms. The Bertz CT molecular complexity index is 226. The van der Waals surface area contributed by atoms with Crippen LogP contribution in [0.3, 0.4) is 0 Å². The molecule has 0 aliphatic carbocycles. The molecule has 50 valence electrons. The fraction of sp³-hybridized carbons (Fsp3) is 0. The number of rotatable bonds is 2. The van der Waals surface area contributed by atoms with E-state index < -0.39 is 0 Å². The molecule has 0 fully saturated rings. The van der Waals surface area contributed by atoms with Crippen LogP contribution in [0.4, 0.5) is 0 Å². The molecule has 0 spiro atoms. The SMILES string of the molecule is C=Pc1ccccc1P=C. The van der Waals surface area contributed by atoms with E-state index >= 15 is 0 Å². The van der Waals surface area contributed by atoms with Crippen LogP contribution in [0.25, 0.3) is 0 Å². The second-order valence-corrected chi connectivity index (χ2v) is 3.40. The van der Waals surface area contributed by atoms with Crippen molar-refractivity contribution in [1.29, 1.82) is 0 Å². The Labute approximate surface area is 64.5 Å².